The molecule has 0 amide bonds. The molecule has 330 valence electrons. The Morgan fingerprint density at radius 1 is 0.333 bits per heavy atom. The van der Waals surface area contributed by atoms with Gasteiger partial charge in [0.2, 0.25) is 0 Å². The largest absolute Gasteiger partial charge is 0.507 e. The molecule has 0 spiro atoms. The van der Waals surface area contributed by atoms with E-state index in [0.29, 0.717) is 36.5 Å². The summed E-state index contributed by atoms with van der Waals surface area (Å²) >= 11 is 0. The first kappa shape index (κ1) is 48.1. The van der Waals surface area contributed by atoms with Gasteiger partial charge in [-0.3, -0.25) is 0 Å². The van der Waals surface area contributed by atoms with Crippen molar-refractivity contribution in [3.63, 3.8) is 0 Å². The molecule has 3 N–H and O–H groups in total. The van der Waals surface area contributed by atoms with E-state index >= 15 is 0 Å². The summed E-state index contributed by atoms with van der Waals surface area (Å²) in [5, 5.41) is 33.7. The van der Waals surface area contributed by atoms with Crippen molar-refractivity contribution in [3.8, 4) is 35.3 Å². The highest BCUT2D eigenvalue weighted by atomic mass is 16.5. The van der Waals surface area contributed by atoms with Gasteiger partial charge in [-0.15, -0.1) is 15.0 Å². The summed E-state index contributed by atoms with van der Waals surface area (Å²) < 4.78 is 18.6. The summed E-state index contributed by atoms with van der Waals surface area (Å²) in [6.07, 6.45) is 1.68. The van der Waals surface area contributed by atoms with Gasteiger partial charge in [0.1, 0.15) is 17.2 Å². The third kappa shape index (κ3) is 12.3. The van der Waals surface area contributed by atoms with Crippen LogP contribution in [0.25, 0.3) is 0 Å². The molecular weight excluding hydrogens is 751 g/mol. The van der Waals surface area contributed by atoms with Crippen LogP contribution >= 0.6 is 0 Å². The van der Waals surface area contributed by atoms with Crippen molar-refractivity contribution >= 4 is 0 Å². The van der Waals surface area contributed by atoms with Gasteiger partial charge in [0.25, 0.3) is 0 Å². The molecule has 0 aliphatic carbocycles. The van der Waals surface area contributed by atoms with Crippen molar-refractivity contribution in [1.29, 1.82) is 0 Å². The average Bonchev–Trinajstić information content (AvgIpc) is 3.07. The summed E-state index contributed by atoms with van der Waals surface area (Å²) in [7, 11) is 0. The lowest BCUT2D eigenvalue weighted by molar-refractivity contribution is 0.238. The predicted molar refractivity (Wildman–Crippen MR) is 244 cm³/mol. The second-order valence-corrected chi connectivity index (χ2v) is 22.6. The van der Waals surface area contributed by atoms with E-state index < -0.39 is 0 Å². The molecule has 4 aromatic rings. The van der Waals surface area contributed by atoms with Crippen LogP contribution in [0.5, 0.6) is 35.3 Å². The quantitative estimate of drug-likeness (QED) is 0.128. The van der Waals surface area contributed by atoms with Gasteiger partial charge in [-0.25, -0.2) is 0 Å². The highest BCUT2D eigenvalue weighted by Crippen LogP contribution is 2.42. The number of aromatic nitrogens is 3. The summed E-state index contributed by atoms with van der Waals surface area (Å²) in [6.45, 7) is 38.7. The van der Waals surface area contributed by atoms with Gasteiger partial charge in [0.15, 0.2) is 0 Å². The zero-order valence-electron chi connectivity index (χ0n) is 40.1. The van der Waals surface area contributed by atoms with Crippen LogP contribution in [-0.4, -0.2) is 50.1 Å². The normalized spacial score (nSPS) is 13.1. The molecule has 4 rings (SSSR count). The molecule has 0 bridgehead atoms. The van der Waals surface area contributed by atoms with E-state index in [0.717, 1.165) is 50.1 Å². The van der Waals surface area contributed by atoms with Gasteiger partial charge in [-0.05, 0) is 82.6 Å². The number of aromatic hydroxyl groups is 3. The standard InChI is InChI=1S/C51H75N3O6/c1-46(2,3)34-25-31(26-35(40(34)55)47(4,5)6)19-22-58-43-52-44(59-23-20-32-27-36(48(7,8)9)41(56)37(28-32)49(10,11)12)54-45(53-43)60-24-21-33-29-38(50(13,14)15)42(57)39(30-33)51(16,17)18/h25-30,55-57H,19-24H2,1-18H3. The van der Waals surface area contributed by atoms with Crippen LogP contribution in [0.3, 0.4) is 0 Å². The summed E-state index contributed by atoms with van der Waals surface area (Å²) in [6, 6.07) is 12.6. The Morgan fingerprint density at radius 3 is 0.650 bits per heavy atom. The molecule has 0 radical (unpaired) electrons. The minimum atomic E-state index is -0.251. The zero-order chi connectivity index (χ0) is 45.4. The van der Waals surface area contributed by atoms with Crippen LogP contribution in [0, 0.1) is 0 Å². The van der Waals surface area contributed by atoms with Crippen LogP contribution in [0.15, 0.2) is 36.4 Å². The maximum absolute atomic E-state index is 11.2. The molecule has 0 saturated heterocycles. The van der Waals surface area contributed by atoms with Crippen LogP contribution in [0.4, 0.5) is 0 Å². The first-order valence-corrected chi connectivity index (χ1v) is 21.5. The van der Waals surface area contributed by atoms with Crippen LogP contribution < -0.4 is 14.2 Å². The monoisotopic (exact) mass is 826 g/mol. The highest BCUT2D eigenvalue weighted by Gasteiger charge is 2.29. The molecule has 0 aliphatic rings. The van der Waals surface area contributed by atoms with Gasteiger partial charge in [0, 0.05) is 19.3 Å². The minimum absolute atomic E-state index is 0.0882. The van der Waals surface area contributed by atoms with Crippen LogP contribution in [0.2, 0.25) is 0 Å². The molecule has 3 aromatic carbocycles. The average molecular weight is 826 g/mol. The van der Waals surface area contributed by atoms with Gasteiger partial charge in [-0.1, -0.05) is 161 Å². The Labute approximate surface area is 361 Å². The molecule has 1 aromatic heterocycles. The zero-order valence-corrected chi connectivity index (χ0v) is 40.1. The molecule has 0 aliphatic heterocycles. The molecule has 0 unspecified atom stereocenters. The smallest absolute Gasteiger partial charge is 0.325 e. The van der Waals surface area contributed by atoms with Crippen LogP contribution in [0.1, 0.15) is 175 Å². The highest BCUT2D eigenvalue weighted by molar-refractivity contribution is 5.52. The number of nitrogens with zero attached hydrogens (tertiary/aromatic N) is 3. The van der Waals surface area contributed by atoms with E-state index in [2.05, 4.69) is 176 Å². The number of phenolic OH excluding ortho intramolecular Hbond substituents is 3. The first-order valence-electron chi connectivity index (χ1n) is 21.5. The van der Waals surface area contributed by atoms with Gasteiger partial charge < -0.3 is 29.5 Å². The number of hydrogen-bond acceptors (Lipinski definition) is 9. The number of ether oxygens (including phenoxy) is 3. The van der Waals surface area contributed by atoms with Crippen LogP contribution in [-0.2, 0) is 51.8 Å². The van der Waals surface area contributed by atoms with E-state index in [1.807, 2.05) is 0 Å². The van der Waals surface area contributed by atoms with Crippen molar-refractivity contribution < 1.29 is 29.5 Å². The molecule has 0 saturated carbocycles. The topological polar surface area (TPSA) is 127 Å². The van der Waals surface area contributed by atoms with Crippen molar-refractivity contribution in [1.82, 2.24) is 15.0 Å². The lowest BCUT2D eigenvalue weighted by Crippen LogP contribution is -2.18. The van der Waals surface area contributed by atoms with Gasteiger partial charge >= 0.3 is 18.0 Å². The van der Waals surface area contributed by atoms with E-state index in [4.69, 9.17) is 14.2 Å². The summed E-state index contributed by atoms with van der Waals surface area (Å²) in [5.41, 5.74) is 7.00. The molecule has 1 heterocycles. The Kier molecular flexibility index (Phi) is 14.0. The Bertz CT molecular complexity index is 1770. The Balaban J connectivity index is 1.63. The molecule has 9 heteroatoms. The van der Waals surface area contributed by atoms with Crippen molar-refractivity contribution in [2.75, 3.05) is 19.8 Å². The Hall–Kier alpha value is -4.53. The number of benzene rings is 3. The van der Waals surface area contributed by atoms with E-state index in [1.165, 1.54) is 0 Å². The minimum Gasteiger partial charge on any atom is -0.507 e. The third-order valence-corrected chi connectivity index (χ3v) is 10.8. The molecule has 0 fully saturated rings. The first-order chi connectivity index (χ1) is 27.3. The van der Waals surface area contributed by atoms with E-state index in [-0.39, 0.29) is 70.3 Å². The van der Waals surface area contributed by atoms with Gasteiger partial charge in [0.05, 0.1) is 19.8 Å². The summed E-state index contributed by atoms with van der Waals surface area (Å²) in [5.74, 6) is 1.02. The SMILES string of the molecule is CC(C)(C)c1cc(CCOc2nc(OCCc3cc(C(C)(C)C)c(O)c(C(C)(C)C)c3)nc(OCCc3cc(C(C)(C)C)c(O)c(C(C)(C)C)c3)n2)cc(C(C)(C)C)c1O. The number of rotatable bonds is 12. The maximum atomic E-state index is 11.2. The second kappa shape index (κ2) is 17.4. The summed E-state index contributed by atoms with van der Waals surface area (Å²) in [4.78, 5) is 13.7. The second-order valence-electron chi connectivity index (χ2n) is 22.6. The fraction of sp³-hybridized carbons (Fsp3) is 0.588. The lowest BCUT2D eigenvalue weighted by atomic mass is 9.78. The third-order valence-electron chi connectivity index (χ3n) is 10.8. The van der Waals surface area contributed by atoms with Crippen molar-refractivity contribution in [2.24, 2.45) is 0 Å². The number of phenols is 3. The molecule has 9 nitrogen and oxygen atoms in total. The van der Waals surface area contributed by atoms with Crippen molar-refractivity contribution in [3.05, 3.63) is 86.5 Å². The van der Waals surface area contributed by atoms with Gasteiger partial charge in [-0.2, -0.15) is 0 Å². The maximum Gasteiger partial charge on any atom is 0.325 e. The predicted octanol–water partition coefficient (Wildman–Crippen LogP) is 11.6. The van der Waals surface area contributed by atoms with Crippen molar-refractivity contribution in [2.45, 2.75) is 176 Å². The van der Waals surface area contributed by atoms with E-state index in [9.17, 15) is 15.3 Å². The fourth-order valence-corrected chi connectivity index (χ4v) is 7.24. The fourth-order valence-electron chi connectivity index (χ4n) is 7.24. The molecular formula is C51H75N3O6. The molecule has 60 heavy (non-hydrogen) atoms. The number of hydrogen-bond donors (Lipinski definition) is 3. The lowest BCUT2D eigenvalue weighted by Gasteiger charge is -2.28. The van der Waals surface area contributed by atoms with E-state index in [1.54, 1.807) is 0 Å². The Morgan fingerprint density at radius 2 is 0.500 bits per heavy atom. The molecule has 0 atom stereocenters.